The Morgan fingerprint density at radius 3 is 2.73 bits per heavy atom. The van der Waals surface area contributed by atoms with Crippen LogP contribution in [0.1, 0.15) is 37.3 Å². The number of aryl methyl sites for hydroxylation is 1. The first kappa shape index (κ1) is 10.6. The van der Waals surface area contributed by atoms with Crippen molar-refractivity contribution in [1.29, 1.82) is 0 Å². The molecule has 0 aromatic heterocycles. The third-order valence-electron chi connectivity index (χ3n) is 3.67. The van der Waals surface area contributed by atoms with Crippen molar-refractivity contribution in [3.8, 4) is 0 Å². The van der Waals surface area contributed by atoms with Crippen LogP contribution in [0.15, 0.2) is 18.2 Å². The zero-order valence-electron chi connectivity index (χ0n) is 9.26. The second-order valence-electron chi connectivity index (χ2n) is 4.68. The summed E-state index contributed by atoms with van der Waals surface area (Å²) in [5, 5.41) is 10.6. The minimum Gasteiger partial charge on any atom is -0.385 e. The minimum absolute atomic E-state index is 0.231. The molecule has 0 amide bonds. The highest BCUT2D eigenvalue weighted by molar-refractivity contribution is 5.33. The van der Waals surface area contributed by atoms with Crippen molar-refractivity contribution < 1.29 is 9.50 Å². The predicted molar refractivity (Wildman–Crippen MR) is 58.0 cm³/mol. The summed E-state index contributed by atoms with van der Waals surface area (Å²) in [5.74, 6) is 0.0344. The van der Waals surface area contributed by atoms with E-state index in [1.165, 1.54) is 12.1 Å². The summed E-state index contributed by atoms with van der Waals surface area (Å²) in [6, 6.07) is 4.66. The van der Waals surface area contributed by atoms with Crippen molar-refractivity contribution in [3.63, 3.8) is 0 Å². The van der Waals surface area contributed by atoms with E-state index in [9.17, 15) is 9.50 Å². The van der Waals surface area contributed by atoms with Crippen LogP contribution in [0.2, 0.25) is 0 Å². The van der Waals surface area contributed by atoms with Gasteiger partial charge in [0, 0.05) is 0 Å². The lowest BCUT2D eigenvalue weighted by Crippen LogP contribution is -2.29. The smallest absolute Gasteiger partial charge is 0.123 e. The van der Waals surface area contributed by atoms with E-state index in [1.54, 1.807) is 6.07 Å². The highest BCUT2D eigenvalue weighted by Crippen LogP contribution is 2.44. The van der Waals surface area contributed by atoms with Crippen molar-refractivity contribution in [1.82, 2.24) is 0 Å². The van der Waals surface area contributed by atoms with Gasteiger partial charge >= 0.3 is 0 Å². The molecule has 1 nitrogen and oxygen atoms in total. The van der Waals surface area contributed by atoms with E-state index in [0.717, 1.165) is 30.4 Å². The number of rotatable bonds is 1. The van der Waals surface area contributed by atoms with Gasteiger partial charge in [-0.25, -0.2) is 4.39 Å². The van der Waals surface area contributed by atoms with Crippen LogP contribution < -0.4 is 0 Å². The second kappa shape index (κ2) is 3.60. The van der Waals surface area contributed by atoms with Gasteiger partial charge < -0.3 is 5.11 Å². The molecule has 0 spiro atoms. The first-order valence-corrected chi connectivity index (χ1v) is 5.53. The fraction of sp³-hybridized carbons (Fsp3) is 0.538. The molecular weight excluding hydrogens is 191 g/mol. The van der Waals surface area contributed by atoms with E-state index in [4.69, 9.17) is 0 Å². The van der Waals surface area contributed by atoms with Gasteiger partial charge in [-0.05, 0) is 55.4 Å². The molecule has 2 unspecified atom stereocenters. The Labute approximate surface area is 89.9 Å². The molecule has 0 aliphatic heterocycles. The molecule has 1 aromatic carbocycles. The fourth-order valence-electron chi connectivity index (χ4n) is 2.68. The minimum atomic E-state index is -0.738. The van der Waals surface area contributed by atoms with Gasteiger partial charge in [-0.3, -0.25) is 0 Å². The molecule has 1 aliphatic rings. The quantitative estimate of drug-likeness (QED) is 0.751. The molecule has 1 aromatic rings. The van der Waals surface area contributed by atoms with Crippen molar-refractivity contribution in [2.24, 2.45) is 5.92 Å². The Bertz CT molecular complexity index is 375. The van der Waals surface area contributed by atoms with Gasteiger partial charge in [0.15, 0.2) is 0 Å². The number of benzene rings is 1. The topological polar surface area (TPSA) is 20.2 Å². The highest BCUT2D eigenvalue weighted by atomic mass is 19.1. The summed E-state index contributed by atoms with van der Waals surface area (Å²) in [7, 11) is 0. The number of aliphatic hydroxyl groups is 1. The van der Waals surface area contributed by atoms with Gasteiger partial charge in [-0.1, -0.05) is 13.0 Å². The molecule has 0 saturated heterocycles. The van der Waals surface area contributed by atoms with E-state index in [2.05, 4.69) is 6.92 Å². The highest BCUT2D eigenvalue weighted by Gasteiger charge is 2.40. The first-order valence-electron chi connectivity index (χ1n) is 5.53. The average Bonchev–Trinajstić information content (AvgIpc) is 2.47. The normalized spacial score (nSPS) is 30.8. The maximum absolute atomic E-state index is 13.0. The Kier molecular flexibility index (Phi) is 2.55. The van der Waals surface area contributed by atoms with E-state index < -0.39 is 5.60 Å². The maximum Gasteiger partial charge on any atom is 0.123 e. The standard InChI is InChI=1S/C13H17FO/c1-9-8-11(14)5-6-12(9)13(15)7-3-4-10(13)2/h5-6,8,10,15H,3-4,7H2,1-2H3. The lowest BCUT2D eigenvalue weighted by Gasteiger charge is -2.29. The van der Waals surface area contributed by atoms with Crippen LogP contribution in [-0.2, 0) is 5.60 Å². The van der Waals surface area contributed by atoms with Gasteiger partial charge in [0.1, 0.15) is 5.82 Å². The molecule has 1 aliphatic carbocycles. The number of hydrogen-bond donors (Lipinski definition) is 1. The van der Waals surface area contributed by atoms with Crippen LogP contribution in [0.4, 0.5) is 4.39 Å². The van der Waals surface area contributed by atoms with Gasteiger partial charge in [0.2, 0.25) is 0 Å². The van der Waals surface area contributed by atoms with Crippen molar-refractivity contribution >= 4 is 0 Å². The van der Waals surface area contributed by atoms with E-state index in [1.807, 2.05) is 6.92 Å². The molecule has 1 N–H and O–H groups in total. The summed E-state index contributed by atoms with van der Waals surface area (Å²) >= 11 is 0. The zero-order valence-corrected chi connectivity index (χ0v) is 9.26. The molecule has 0 radical (unpaired) electrons. The molecule has 0 heterocycles. The maximum atomic E-state index is 13.0. The van der Waals surface area contributed by atoms with E-state index >= 15 is 0 Å². The second-order valence-corrected chi connectivity index (χ2v) is 4.68. The summed E-state index contributed by atoms with van der Waals surface area (Å²) in [6.07, 6.45) is 2.89. The van der Waals surface area contributed by atoms with Crippen LogP contribution in [0.25, 0.3) is 0 Å². The Morgan fingerprint density at radius 1 is 1.47 bits per heavy atom. The lowest BCUT2D eigenvalue weighted by atomic mass is 9.83. The molecule has 2 heteroatoms. The Hall–Kier alpha value is -0.890. The lowest BCUT2D eigenvalue weighted by molar-refractivity contribution is 0.00385. The Balaban J connectivity index is 2.44. The molecule has 1 fully saturated rings. The average molecular weight is 208 g/mol. The third kappa shape index (κ3) is 1.67. The molecular formula is C13H17FO. The summed E-state index contributed by atoms with van der Waals surface area (Å²) in [4.78, 5) is 0. The van der Waals surface area contributed by atoms with Crippen LogP contribution in [0.5, 0.6) is 0 Å². The molecule has 82 valence electrons. The molecule has 2 rings (SSSR count). The summed E-state index contributed by atoms with van der Waals surface area (Å²) in [6.45, 7) is 3.93. The number of halogens is 1. The monoisotopic (exact) mass is 208 g/mol. The largest absolute Gasteiger partial charge is 0.385 e. The SMILES string of the molecule is Cc1cc(F)ccc1C1(O)CCCC1C. The van der Waals surface area contributed by atoms with Gasteiger partial charge in [0.05, 0.1) is 5.60 Å². The molecule has 15 heavy (non-hydrogen) atoms. The number of hydrogen-bond acceptors (Lipinski definition) is 1. The third-order valence-corrected chi connectivity index (χ3v) is 3.67. The van der Waals surface area contributed by atoms with Crippen LogP contribution in [0, 0.1) is 18.7 Å². The summed E-state index contributed by atoms with van der Waals surface area (Å²) < 4.78 is 13.0. The predicted octanol–water partition coefficient (Wildman–Crippen LogP) is 3.14. The van der Waals surface area contributed by atoms with Gasteiger partial charge in [0.25, 0.3) is 0 Å². The fourth-order valence-corrected chi connectivity index (χ4v) is 2.68. The van der Waals surface area contributed by atoms with Gasteiger partial charge in [-0.15, -0.1) is 0 Å². The Morgan fingerprint density at radius 2 is 2.20 bits per heavy atom. The van der Waals surface area contributed by atoms with E-state index in [0.29, 0.717) is 0 Å². The van der Waals surface area contributed by atoms with E-state index in [-0.39, 0.29) is 11.7 Å². The molecule has 0 bridgehead atoms. The van der Waals surface area contributed by atoms with Crippen LogP contribution in [0.3, 0.4) is 0 Å². The van der Waals surface area contributed by atoms with Gasteiger partial charge in [-0.2, -0.15) is 0 Å². The first-order chi connectivity index (χ1) is 7.04. The van der Waals surface area contributed by atoms with Crippen molar-refractivity contribution in [2.45, 2.75) is 38.7 Å². The van der Waals surface area contributed by atoms with Crippen LogP contribution >= 0.6 is 0 Å². The summed E-state index contributed by atoms with van der Waals surface area (Å²) in [5.41, 5.74) is 1.01. The molecule has 1 saturated carbocycles. The molecule has 2 atom stereocenters. The van der Waals surface area contributed by atoms with Crippen LogP contribution in [-0.4, -0.2) is 5.11 Å². The zero-order chi connectivity index (χ0) is 11.1. The van der Waals surface area contributed by atoms with Crippen molar-refractivity contribution in [3.05, 3.63) is 35.1 Å². The van der Waals surface area contributed by atoms with Crippen molar-refractivity contribution in [2.75, 3.05) is 0 Å².